The molecular formula is C10H15N3S. The second kappa shape index (κ2) is 5.65. The second-order valence-corrected chi connectivity index (χ2v) is 3.70. The molecule has 1 rings (SSSR count). The molecule has 4 heteroatoms. The van der Waals surface area contributed by atoms with Gasteiger partial charge < -0.3 is 4.90 Å². The minimum Gasteiger partial charge on any atom is -0.350 e. The molecule has 0 aromatic carbocycles. The van der Waals surface area contributed by atoms with E-state index in [4.69, 9.17) is 0 Å². The molecule has 0 fully saturated rings. The zero-order valence-corrected chi connectivity index (χ0v) is 9.58. The number of aliphatic imine (C=N–C) groups is 1. The Labute approximate surface area is 89.3 Å². The molecular weight excluding hydrogens is 194 g/mol. The highest BCUT2D eigenvalue weighted by Gasteiger charge is 2.04. The van der Waals surface area contributed by atoms with Gasteiger partial charge in [-0.25, -0.2) is 0 Å². The van der Waals surface area contributed by atoms with Gasteiger partial charge in [0.25, 0.3) is 0 Å². The molecule has 1 aromatic rings. The SMILES string of the molecule is CN=C(SC)N(C)Cc1cccnc1. The van der Waals surface area contributed by atoms with Gasteiger partial charge >= 0.3 is 0 Å². The Morgan fingerprint density at radius 1 is 1.64 bits per heavy atom. The summed E-state index contributed by atoms with van der Waals surface area (Å²) in [6.07, 6.45) is 5.69. The summed E-state index contributed by atoms with van der Waals surface area (Å²) in [6, 6.07) is 4.02. The van der Waals surface area contributed by atoms with Crippen LogP contribution in [0.25, 0.3) is 0 Å². The van der Waals surface area contributed by atoms with Crippen molar-refractivity contribution < 1.29 is 0 Å². The van der Waals surface area contributed by atoms with Gasteiger partial charge in [-0.05, 0) is 17.9 Å². The molecule has 0 amide bonds. The number of rotatable bonds is 2. The molecule has 0 N–H and O–H groups in total. The Kier molecular flexibility index (Phi) is 4.46. The quantitative estimate of drug-likeness (QED) is 0.550. The van der Waals surface area contributed by atoms with E-state index in [1.54, 1.807) is 18.0 Å². The molecule has 76 valence electrons. The van der Waals surface area contributed by atoms with E-state index in [9.17, 15) is 0 Å². The van der Waals surface area contributed by atoms with Crippen molar-refractivity contribution in [1.29, 1.82) is 0 Å². The summed E-state index contributed by atoms with van der Waals surface area (Å²) in [7, 11) is 3.84. The van der Waals surface area contributed by atoms with Crippen molar-refractivity contribution >= 4 is 16.9 Å². The lowest BCUT2D eigenvalue weighted by atomic mass is 10.3. The van der Waals surface area contributed by atoms with Gasteiger partial charge in [0.2, 0.25) is 0 Å². The number of nitrogens with zero attached hydrogens (tertiary/aromatic N) is 3. The van der Waals surface area contributed by atoms with Gasteiger partial charge in [-0.3, -0.25) is 9.98 Å². The van der Waals surface area contributed by atoms with Crippen molar-refractivity contribution in [3.63, 3.8) is 0 Å². The van der Waals surface area contributed by atoms with E-state index < -0.39 is 0 Å². The largest absolute Gasteiger partial charge is 0.350 e. The van der Waals surface area contributed by atoms with Crippen LogP contribution in [-0.4, -0.2) is 35.4 Å². The average Bonchev–Trinajstić information content (AvgIpc) is 2.21. The fraction of sp³-hybridized carbons (Fsp3) is 0.400. The maximum Gasteiger partial charge on any atom is 0.158 e. The van der Waals surface area contributed by atoms with Crippen LogP contribution in [0.3, 0.4) is 0 Å². The fourth-order valence-corrected chi connectivity index (χ4v) is 1.81. The summed E-state index contributed by atoms with van der Waals surface area (Å²) in [6.45, 7) is 0.849. The zero-order chi connectivity index (χ0) is 10.4. The standard InChI is InChI=1S/C10H15N3S/c1-11-10(14-3)13(2)8-9-5-4-6-12-7-9/h4-7H,8H2,1-3H3. The van der Waals surface area contributed by atoms with E-state index in [0.717, 1.165) is 11.7 Å². The molecule has 1 heterocycles. The predicted molar refractivity (Wildman–Crippen MR) is 62.6 cm³/mol. The highest BCUT2D eigenvalue weighted by molar-refractivity contribution is 8.13. The zero-order valence-electron chi connectivity index (χ0n) is 8.77. The number of thioether (sulfide) groups is 1. The number of hydrogen-bond donors (Lipinski definition) is 0. The minimum atomic E-state index is 0.849. The maximum absolute atomic E-state index is 4.19. The van der Waals surface area contributed by atoms with E-state index in [0.29, 0.717) is 0 Å². The molecule has 0 unspecified atom stereocenters. The van der Waals surface area contributed by atoms with E-state index >= 15 is 0 Å². The fourth-order valence-electron chi connectivity index (χ4n) is 1.25. The van der Waals surface area contributed by atoms with Crippen molar-refractivity contribution in [3.8, 4) is 0 Å². The highest BCUT2D eigenvalue weighted by Crippen LogP contribution is 2.07. The Bertz CT molecular complexity index is 297. The van der Waals surface area contributed by atoms with Gasteiger partial charge in [0, 0.05) is 33.0 Å². The van der Waals surface area contributed by atoms with Crippen LogP contribution in [-0.2, 0) is 6.54 Å². The Morgan fingerprint density at radius 2 is 2.43 bits per heavy atom. The van der Waals surface area contributed by atoms with Crippen molar-refractivity contribution in [2.75, 3.05) is 20.4 Å². The summed E-state index contributed by atoms with van der Waals surface area (Å²) in [5.41, 5.74) is 1.20. The molecule has 1 aromatic heterocycles. The second-order valence-electron chi connectivity index (χ2n) is 2.93. The van der Waals surface area contributed by atoms with Crippen LogP contribution >= 0.6 is 11.8 Å². The van der Waals surface area contributed by atoms with Crippen molar-refractivity contribution in [2.24, 2.45) is 4.99 Å². The van der Waals surface area contributed by atoms with E-state index in [1.807, 2.05) is 32.6 Å². The normalized spacial score (nSPS) is 11.5. The molecule has 0 aliphatic rings. The third-order valence-electron chi connectivity index (χ3n) is 1.84. The Balaban J connectivity index is 2.61. The number of pyridine rings is 1. The minimum absolute atomic E-state index is 0.849. The van der Waals surface area contributed by atoms with Crippen LogP contribution in [0, 0.1) is 0 Å². The lowest BCUT2D eigenvalue weighted by Gasteiger charge is -2.18. The summed E-state index contributed by atoms with van der Waals surface area (Å²) >= 11 is 1.65. The van der Waals surface area contributed by atoms with Crippen molar-refractivity contribution in [3.05, 3.63) is 30.1 Å². The Morgan fingerprint density at radius 3 is 2.93 bits per heavy atom. The predicted octanol–water partition coefficient (Wildman–Crippen LogP) is 1.86. The summed E-state index contributed by atoms with van der Waals surface area (Å²) in [4.78, 5) is 10.4. The Hall–Kier alpha value is -1.03. The first kappa shape index (κ1) is 11.0. The van der Waals surface area contributed by atoms with E-state index in [-0.39, 0.29) is 0 Å². The molecule has 0 saturated carbocycles. The lowest BCUT2D eigenvalue weighted by molar-refractivity contribution is 0.509. The third kappa shape index (κ3) is 3.03. The van der Waals surface area contributed by atoms with Crippen LogP contribution in [0.4, 0.5) is 0 Å². The van der Waals surface area contributed by atoms with Crippen LogP contribution in [0.1, 0.15) is 5.56 Å². The number of hydrogen-bond acceptors (Lipinski definition) is 3. The van der Waals surface area contributed by atoms with Crippen LogP contribution in [0.15, 0.2) is 29.5 Å². The smallest absolute Gasteiger partial charge is 0.158 e. The maximum atomic E-state index is 4.19. The monoisotopic (exact) mass is 209 g/mol. The molecule has 14 heavy (non-hydrogen) atoms. The summed E-state index contributed by atoms with van der Waals surface area (Å²) in [5, 5.41) is 1.04. The molecule has 0 radical (unpaired) electrons. The van der Waals surface area contributed by atoms with E-state index in [2.05, 4.69) is 20.9 Å². The number of amidine groups is 1. The molecule has 0 spiro atoms. The first-order valence-electron chi connectivity index (χ1n) is 4.38. The van der Waals surface area contributed by atoms with Gasteiger partial charge in [-0.1, -0.05) is 17.8 Å². The summed E-state index contributed by atoms with van der Waals surface area (Å²) < 4.78 is 0. The van der Waals surface area contributed by atoms with Crippen LogP contribution in [0.5, 0.6) is 0 Å². The lowest BCUT2D eigenvalue weighted by Crippen LogP contribution is -2.23. The van der Waals surface area contributed by atoms with Gasteiger partial charge in [-0.15, -0.1) is 0 Å². The molecule has 0 bridgehead atoms. The van der Waals surface area contributed by atoms with Crippen LogP contribution in [0.2, 0.25) is 0 Å². The first-order valence-corrected chi connectivity index (χ1v) is 5.61. The first-order chi connectivity index (χ1) is 6.77. The molecule has 0 aliphatic heterocycles. The topological polar surface area (TPSA) is 28.5 Å². The van der Waals surface area contributed by atoms with E-state index in [1.165, 1.54) is 5.56 Å². The van der Waals surface area contributed by atoms with Gasteiger partial charge in [0.05, 0.1) is 0 Å². The highest BCUT2D eigenvalue weighted by atomic mass is 32.2. The molecule has 0 aliphatic carbocycles. The average molecular weight is 209 g/mol. The van der Waals surface area contributed by atoms with Gasteiger partial charge in [0.1, 0.15) is 0 Å². The molecule has 0 atom stereocenters. The van der Waals surface area contributed by atoms with Crippen LogP contribution < -0.4 is 0 Å². The van der Waals surface area contributed by atoms with Gasteiger partial charge in [0.15, 0.2) is 5.17 Å². The molecule has 0 saturated heterocycles. The van der Waals surface area contributed by atoms with Crippen molar-refractivity contribution in [1.82, 2.24) is 9.88 Å². The third-order valence-corrected chi connectivity index (χ3v) is 2.70. The van der Waals surface area contributed by atoms with Gasteiger partial charge in [-0.2, -0.15) is 0 Å². The van der Waals surface area contributed by atoms with Crippen molar-refractivity contribution in [2.45, 2.75) is 6.54 Å². The number of aromatic nitrogens is 1. The molecule has 3 nitrogen and oxygen atoms in total. The summed E-state index contributed by atoms with van der Waals surface area (Å²) in [5.74, 6) is 0.